The molecule has 0 aliphatic carbocycles. The van der Waals surface area contributed by atoms with E-state index >= 15 is 0 Å². The molecule has 1 aromatic heterocycles. The first kappa shape index (κ1) is 8.24. The number of hydrogen-bond acceptors (Lipinski definition) is 2. The van der Waals surface area contributed by atoms with Gasteiger partial charge in [-0.3, -0.25) is 0 Å². The minimum absolute atomic E-state index is 0.308. The van der Waals surface area contributed by atoms with Gasteiger partial charge in [-0.25, -0.2) is 4.79 Å². The molecule has 72 valence electrons. The van der Waals surface area contributed by atoms with E-state index in [0.29, 0.717) is 0 Å². The van der Waals surface area contributed by atoms with E-state index in [4.69, 9.17) is 4.42 Å². The monoisotopic (exact) mass is 196 g/mol. The van der Waals surface area contributed by atoms with Crippen molar-refractivity contribution in [3.05, 3.63) is 59.1 Å². The van der Waals surface area contributed by atoms with Crippen molar-refractivity contribution < 1.29 is 4.42 Å². The summed E-state index contributed by atoms with van der Waals surface area (Å²) in [6, 6.07) is 13.5. The summed E-state index contributed by atoms with van der Waals surface area (Å²) in [6.45, 7) is 0. The van der Waals surface area contributed by atoms with Crippen LogP contribution in [-0.2, 0) is 0 Å². The van der Waals surface area contributed by atoms with Gasteiger partial charge in [-0.05, 0) is 16.2 Å². The van der Waals surface area contributed by atoms with Crippen LogP contribution in [-0.4, -0.2) is 0 Å². The van der Waals surface area contributed by atoms with Crippen LogP contribution in [0.25, 0.3) is 21.5 Å². The van der Waals surface area contributed by atoms with E-state index in [1.807, 2.05) is 36.4 Å². The Morgan fingerprint density at radius 2 is 1.67 bits per heavy atom. The van der Waals surface area contributed by atoms with Gasteiger partial charge >= 0.3 is 5.63 Å². The largest absolute Gasteiger partial charge is 0.431 e. The summed E-state index contributed by atoms with van der Waals surface area (Å²) in [5.74, 6) is 0. The highest BCUT2D eigenvalue weighted by Gasteiger charge is 2.00. The second-order valence-corrected chi connectivity index (χ2v) is 3.49. The molecule has 3 rings (SSSR count). The fraction of sp³-hybridized carbons (Fsp3) is 0. The Balaban J connectivity index is 2.60. The first-order chi connectivity index (χ1) is 7.34. The van der Waals surface area contributed by atoms with E-state index in [2.05, 4.69) is 0 Å². The van der Waals surface area contributed by atoms with Gasteiger partial charge in [0.05, 0.1) is 0 Å². The Morgan fingerprint density at radius 3 is 2.60 bits per heavy atom. The van der Waals surface area contributed by atoms with E-state index in [1.54, 1.807) is 0 Å². The van der Waals surface area contributed by atoms with Crippen LogP contribution in [0.15, 0.2) is 57.9 Å². The molecular formula is C13H8O2. The van der Waals surface area contributed by atoms with Gasteiger partial charge in [-0.15, -0.1) is 0 Å². The van der Waals surface area contributed by atoms with Crippen molar-refractivity contribution in [2.45, 2.75) is 0 Å². The highest BCUT2D eigenvalue weighted by atomic mass is 16.4. The third-order valence-corrected chi connectivity index (χ3v) is 2.57. The Kier molecular flexibility index (Phi) is 1.62. The molecule has 3 aromatic rings. The molecule has 0 spiro atoms. The summed E-state index contributed by atoms with van der Waals surface area (Å²) in [6.07, 6.45) is 1.53. The molecular weight excluding hydrogens is 188 g/mol. The Morgan fingerprint density at radius 1 is 0.867 bits per heavy atom. The second kappa shape index (κ2) is 2.95. The van der Waals surface area contributed by atoms with E-state index in [-0.39, 0.29) is 5.63 Å². The lowest BCUT2D eigenvalue weighted by atomic mass is 10.0. The van der Waals surface area contributed by atoms with Crippen molar-refractivity contribution in [1.29, 1.82) is 0 Å². The van der Waals surface area contributed by atoms with Gasteiger partial charge in [-0.1, -0.05) is 36.4 Å². The van der Waals surface area contributed by atoms with Gasteiger partial charge in [0.25, 0.3) is 0 Å². The van der Waals surface area contributed by atoms with Crippen molar-refractivity contribution in [3.8, 4) is 0 Å². The van der Waals surface area contributed by atoms with Crippen LogP contribution in [0.3, 0.4) is 0 Å². The minimum Gasteiger partial charge on any atom is -0.431 e. The zero-order valence-corrected chi connectivity index (χ0v) is 7.94. The summed E-state index contributed by atoms with van der Waals surface area (Å²) < 4.78 is 4.89. The Labute approximate surface area is 85.8 Å². The van der Waals surface area contributed by atoms with Gasteiger partial charge in [0.15, 0.2) is 0 Å². The van der Waals surface area contributed by atoms with Gasteiger partial charge in [0.1, 0.15) is 6.26 Å². The van der Waals surface area contributed by atoms with E-state index < -0.39 is 0 Å². The second-order valence-electron chi connectivity index (χ2n) is 3.49. The zero-order valence-electron chi connectivity index (χ0n) is 7.94. The summed E-state index contributed by atoms with van der Waals surface area (Å²) >= 11 is 0. The van der Waals surface area contributed by atoms with Gasteiger partial charge in [0.2, 0.25) is 0 Å². The first-order valence-corrected chi connectivity index (χ1v) is 4.75. The molecule has 0 unspecified atom stereocenters. The molecule has 2 aromatic carbocycles. The third kappa shape index (κ3) is 1.22. The molecule has 15 heavy (non-hydrogen) atoms. The van der Waals surface area contributed by atoms with Gasteiger partial charge < -0.3 is 4.42 Å². The lowest BCUT2D eigenvalue weighted by Gasteiger charge is -2.01. The highest BCUT2D eigenvalue weighted by molar-refractivity contribution is 6.06. The van der Waals surface area contributed by atoms with Crippen molar-refractivity contribution in [1.82, 2.24) is 0 Å². The van der Waals surface area contributed by atoms with Crippen molar-refractivity contribution in [2.24, 2.45) is 0 Å². The molecule has 0 atom stereocenters. The van der Waals surface area contributed by atoms with Crippen LogP contribution >= 0.6 is 0 Å². The molecule has 1 heterocycles. The minimum atomic E-state index is -0.308. The average Bonchev–Trinajstić information content (AvgIpc) is 2.28. The van der Waals surface area contributed by atoms with Crippen molar-refractivity contribution >= 4 is 21.5 Å². The van der Waals surface area contributed by atoms with E-state index in [0.717, 1.165) is 21.5 Å². The standard InChI is InChI=1S/C13H8O2/c14-13-7-10-6-5-9-3-1-2-4-11(9)12(10)8-15-13/h1-8H. The predicted molar refractivity (Wildman–Crippen MR) is 60.0 cm³/mol. The third-order valence-electron chi connectivity index (χ3n) is 2.57. The topological polar surface area (TPSA) is 30.2 Å². The SMILES string of the molecule is O=c1cc2ccc3ccccc3c2co1. The van der Waals surface area contributed by atoms with E-state index in [1.165, 1.54) is 12.3 Å². The molecule has 0 fully saturated rings. The van der Waals surface area contributed by atoms with Crippen LogP contribution < -0.4 is 5.63 Å². The molecule has 0 aliphatic heterocycles. The quantitative estimate of drug-likeness (QED) is 0.517. The van der Waals surface area contributed by atoms with Crippen LogP contribution in [0.4, 0.5) is 0 Å². The number of rotatable bonds is 0. The molecule has 0 amide bonds. The highest BCUT2D eigenvalue weighted by Crippen LogP contribution is 2.23. The maximum atomic E-state index is 11.1. The molecule has 0 radical (unpaired) electrons. The summed E-state index contributed by atoms with van der Waals surface area (Å²) in [7, 11) is 0. The zero-order chi connectivity index (χ0) is 10.3. The fourth-order valence-corrected chi connectivity index (χ4v) is 1.85. The van der Waals surface area contributed by atoms with E-state index in [9.17, 15) is 4.79 Å². The van der Waals surface area contributed by atoms with Crippen LogP contribution in [0, 0.1) is 0 Å². The molecule has 2 heteroatoms. The van der Waals surface area contributed by atoms with Gasteiger partial charge in [0, 0.05) is 11.5 Å². The Hall–Kier alpha value is -2.09. The lowest BCUT2D eigenvalue weighted by Crippen LogP contribution is -1.94. The maximum Gasteiger partial charge on any atom is 0.336 e. The average molecular weight is 196 g/mol. The number of hydrogen-bond donors (Lipinski definition) is 0. The predicted octanol–water partition coefficient (Wildman–Crippen LogP) is 2.95. The molecule has 0 aliphatic rings. The summed E-state index contributed by atoms with van der Waals surface area (Å²) in [4.78, 5) is 11.1. The van der Waals surface area contributed by atoms with Crippen LogP contribution in [0.1, 0.15) is 0 Å². The number of benzene rings is 2. The Bertz CT molecular complexity index is 695. The lowest BCUT2D eigenvalue weighted by molar-refractivity contribution is 0.518. The first-order valence-electron chi connectivity index (χ1n) is 4.75. The van der Waals surface area contributed by atoms with Gasteiger partial charge in [-0.2, -0.15) is 0 Å². The summed E-state index contributed by atoms with van der Waals surface area (Å²) in [5, 5.41) is 4.16. The normalized spacial score (nSPS) is 10.9. The molecule has 0 bridgehead atoms. The smallest absolute Gasteiger partial charge is 0.336 e. The van der Waals surface area contributed by atoms with Crippen molar-refractivity contribution in [2.75, 3.05) is 0 Å². The molecule has 2 nitrogen and oxygen atoms in total. The molecule has 0 saturated carbocycles. The van der Waals surface area contributed by atoms with Crippen LogP contribution in [0.5, 0.6) is 0 Å². The number of fused-ring (bicyclic) bond motifs is 3. The summed E-state index contributed by atoms with van der Waals surface area (Å²) in [5.41, 5.74) is -0.308. The molecule has 0 saturated heterocycles. The van der Waals surface area contributed by atoms with Crippen LogP contribution in [0.2, 0.25) is 0 Å². The fourth-order valence-electron chi connectivity index (χ4n) is 1.85. The maximum absolute atomic E-state index is 11.1. The molecule has 0 N–H and O–H groups in total. The van der Waals surface area contributed by atoms with Crippen molar-refractivity contribution in [3.63, 3.8) is 0 Å².